The first-order valence-electron chi connectivity index (χ1n) is 9.08. The lowest BCUT2D eigenvalue weighted by Crippen LogP contribution is -2.42. The summed E-state index contributed by atoms with van der Waals surface area (Å²) in [7, 11) is 0. The Morgan fingerprint density at radius 2 is 2.21 bits per heavy atom. The molecule has 2 atom stereocenters. The van der Waals surface area contributed by atoms with E-state index in [1.165, 1.54) is 0 Å². The summed E-state index contributed by atoms with van der Waals surface area (Å²) < 4.78 is 7.95. The smallest absolute Gasteiger partial charge is 0.225 e. The largest absolute Gasteiger partial charge is 0.377 e. The second kappa shape index (κ2) is 7.79. The molecule has 0 bridgehead atoms. The topological polar surface area (TPSA) is 56.1 Å². The number of ether oxygens (including phenoxy) is 1. The average molecular weight is 329 g/mol. The van der Waals surface area contributed by atoms with Crippen LogP contribution >= 0.6 is 0 Å². The zero-order valence-electron chi connectivity index (χ0n) is 14.6. The maximum absolute atomic E-state index is 12.5. The van der Waals surface area contributed by atoms with Crippen molar-refractivity contribution in [3.8, 4) is 0 Å². The highest BCUT2D eigenvalue weighted by molar-refractivity contribution is 5.79. The van der Waals surface area contributed by atoms with Crippen LogP contribution in [0, 0.1) is 5.92 Å². The second-order valence-corrected chi connectivity index (χ2v) is 6.37. The van der Waals surface area contributed by atoms with Gasteiger partial charge in [-0.05, 0) is 38.3 Å². The van der Waals surface area contributed by atoms with Gasteiger partial charge < -0.3 is 14.6 Å². The third-order valence-corrected chi connectivity index (χ3v) is 4.88. The predicted molar refractivity (Wildman–Crippen MR) is 94.9 cm³/mol. The van der Waals surface area contributed by atoms with E-state index < -0.39 is 0 Å². The van der Waals surface area contributed by atoms with Crippen LogP contribution in [-0.4, -0.2) is 34.7 Å². The predicted octanol–water partition coefficient (Wildman–Crippen LogP) is 2.92. The van der Waals surface area contributed by atoms with Gasteiger partial charge in [0, 0.05) is 26.1 Å². The number of carbonyl (C=O) groups is 1. The van der Waals surface area contributed by atoms with Crippen LogP contribution in [0.1, 0.15) is 38.9 Å². The number of fused-ring (bicyclic) bond motifs is 1. The SMILES string of the molecule is CC[C@H]1OCCC[C@H]1C(=O)NCCc1nc2ccccc2n1CC. The summed E-state index contributed by atoms with van der Waals surface area (Å²) in [5.41, 5.74) is 2.18. The number of aryl methyl sites for hydroxylation is 1. The first-order chi connectivity index (χ1) is 11.7. The van der Waals surface area contributed by atoms with Gasteiger partial charge in [-0.25, -0.2) is 4.98 Å². The van der Waals surface area contributed by atoms with Crippen LogP contribution in [0.5, 0.6) is 0 Å². The molecule has 2 heterocycles. The zero-order valence-corrected chi connectivity index (χ0v) is 14.6. The van der Waals surface area contributed by atoms with E-state index in [1.807, 2.05) is 18.2 Å². The van der Waals surface area contributed by atoms with E-state index in [0.717, 1.165) is 55.7 Å². The van der Waals surface area contributed by atoms with Gasteiger partial charge in [-0.2, -0.15) is 0 Å². The van der Waals surface area contributed by atoms with Crippen molar-refractivity contribution in [3.05, 3.63) is 30.1 Å². The van der Waals surface area contributed by atoms with Crippen molar-refractivity contribution < 1.29 is 9.53 Å². The highest BCUT2D eigenvalue weighted by Gasteiger charge is 2.30. The van der Waals surface area contributed by atoms with Gasteiger partial charge in [-0.3, -0.25) is 4.79 Å². The third-order valence-electron chi connectivity index (χ3n) is 4.88. The number of nitrogens with one attached hydrogen (secondary N) is 1. The Balaban J connectivity index is 1.61. The molecule has 1 aliphatic heterocycles. The molecule has 0 spiro atoms. The molecule has 1 aromatic heterocycles. The summed E-state index contributed by atoms with van der Waals surface area (Å²) in [6, 6.07) is 8.18. The maximum Gasteiger partial charge on any atom is 0.225 e. The van der Waals surface area contributed by atoms with Crippen LogP contribution in [-0.2, 0) is 22.5 Å². The number of aromatic nitrogens is 2. The van der Waals surface area contributed by atoms with Gasteiger partial charge in [0.2, 0.25) is 5.91 Å². The van der Waals surface area contributed by atoms with E-state index in [1.54, 1.807) is 0 Å². The van der Waals surface area contributed by atoms with Crippen molar-refractivity contribution in [2.75, 3.05) is 13.2 Å². The lowest BCUT2D eigenvalue weighted by molar-refractivity contribution is -0.134. The Kier molecular flexibility index (Phi) is 5.51. The first-order valence-corrected chi connectivity index (χ1v) is 9.08. The molecule has 1 aliphatic rings. The second-order valence-electron chi connectivity index (χ2n) is 6.37. The minimum Gasteiger partial charge on any atom is -0.377 e. The van der Waals surface area contributed by atoms with Crippen LogP contribution in [0.15, 0.2) is 24.3 Å². The number of imidazole rings is 1. The molecule has 1 saturated heterocycles. The van der Waals surface area contributed by atoms with Crippen molar-refractivity contribution in [1.29, 1.82) is 0 Å². The van der Waals surface area contributed by atoms with Crippen molar-refractivity contribution in [2.24, 2.45) is 5.92 Å². The van der Waals surface area contributed by atoms with Crippen molar-refractivity contribution in [2.45, 2.75) is 52.2 Å². The van der Waals surface area contributed by atoms with Gasteiger partial charge >= 0.3 is 0 Å². The highest BCUT2D eigenvalue weighted by atomic mass is 16.5. The summed E-state index contributed by atoms with van der Waals surface area (Å²) in [4.78, 5) is 17.2. The molecular weight excluding hydrogens is 302 g/mol. The molecule has 0 unspecified atom stereocenters. The lowest BCUT2D eigenvalue weighted by Gasteiger charge is -2.30. The van der Waals surface area contributed by atoms with Crippen molar-refractivity contribution >= 4 is 16.9 Å². The summed E-state index contributed by atoms with van der Waals surface area (Å²) in [5.74, 6) is 1.15. The number of para-hydroxylation sites is 2. The van der Waals surface area contributed by atoms with Crippen LogP contribution in [0.2, 0.25) is 0 Å². The van der Waals surface area contributed by atoms with Gasteiger partial charge in [-0.1, -0.05) is 19.1 Å². The first kappa shape index (κ1) is 17.0. The summed E-state index contributed by atoms with van der Waals surface area (Å²) in [5, 5.41) is 3.09. The molecule has 130 valence electrons. The number of hydrogen-bond acceptors (Lipinski definition) is 3. The molecule has 1 amide bonds. The van der Waals surface area contributed by atoms with E-state index in [2.05, 4.69) is 29.8 Å². The minimum absolute atomic E-state index is 0.00579. The fourth-order valence-corrected chi connectivity index (χ4v) is 3.64. The van der Waals surface area contributed by atoms with Gasteiger partial charge in [0.25, 0.3) is 0 Å². The van der Waals surface area contributed by atoms with Gasteiger partial charge in [0.05, 0.1) is 23.1 Å². The molecular formula is C19H27N3O2. The van der Waals surface area contributed by atoms with Gasteiger partial charge in [-0.15, -0.1) is 0 Å². The molecule has 1 N–H and O–H groups in total. The minimum atomic E-state index is -0.00579. The van der Waals surface area contributed by atoms with E-state index in [4.69, 9.17) is 9.72 Å². The van der Waals surface area contributed by atoms with E-state index >= 15 is 0 Å². The fourth-order valence-electron chi connectivity index (χ4n) is 3.64. The molecule has 1 fully saturated rings. The molecule has 5 heteroatoms. The van der Waals surface area contributed by atoms with Crippen molar-refractivity contribution in [1.82, 2.24) is 14.9 Å². The van der Waals surface area contributed by atoms with Crippen LogP contribution in [0.3, 0.4) is 0 Å². The standard InChI is InChI=1S/C19H27N3O2/c1-3-17-14(8-7-13-24-17)19(23)20-12-11-18-21-15-9-5-6-10-16(15)22(18)4-2/h5-6,9-10,14,17H,3-4,7-8,11-13H2,1-2H3,(H,20,23)/t14-,17-/m1/s1. The van der Waals surface area contributed by atoms with E-state index in [0.29, 0.717) is 6.54 Å². The highest BCUT2D eigenvalue weighted by Crippen LogP contribution is 2.23. The normalized spacial score (nSPS) is 21.1. The number of hydrogen-bond donors (Lipinski definition) is 1. The maximum atomic E-state index is 12.5. The average Bonchev–Trinajstić information content (AvgIpc) is 2.98. The molecule has 2 aromatic rings. The zero-order chi connectivity index (χ0) is 16.9. The molecule has 0 saturated carbocycles. The van der Waals surface area contributed by atoms with Crippen LogP contribution in [0.4, 0.5) is 0 Å². The summed E-state index contributed by atoms with van der Waals surface area (Å²) in [6.45, 7) is 6.50. The van der Waals surface area contributed by atoms with Crippen LogP contribution in [0.25, 0.3) is 11.0 Å². The van der Waals surface area contributed by atoms with Crippen LogP contribution < -0.4 is 5.32 Å². The third kappa shape index (κ3) is 3.46. The molecule has 5 nitrogen and oxygen atoms in total. The summed E-state index contributed by atoms with van der Waals surface area (Å²) in [6.07, 6.45) is 3.61. The van der Waals surface area contributed by atoms with E-state index in [-0.39, 0.29) is 17.9 Å². The van der Waals surface area contributed by atoms with Gasteiger partial charge in [0.1, 0.15) is 5.82 Å². The van der Waals surface area contributed by atoms with Gasteiger partial charge in [0.15, 0.2) is 0 Å². The molecule has 24 heavy (non-hydrogen) atoms. The quantitative estimate of drug-likeness (QED) is 0.886. The molecule has 3 rings (SSSR count). The Hall–Kier alpha value is -1.88. The molecule has 0 aliphatic carbocycles. The summed E-state index contributed by atoms with van der Waals surface area (Å²) >= 11 is 0. The number of amides is 1. The monoisotopic (exact) mass is 329 g/mol. The molecule has 1 aromatic carbocycles. The Labute approximate surface area is 143 Å². The van der Waals surface area contributed by atoms with Crippen molar-refractivity contribution in [3.63, 3.8) is 0 Å². The fraction of sp³-hybridized carbons (Fsp3) is 0.579. The van der Waals surface area contributed by atoms with E-state index in [9.17, 15) is 4.79 Å². The number of nitrogens with zero attached hydrogens (tertiary/aromatic N) is 2. The molecule has 0 radical (unpaired) electrons. The number of carbonyl (C=O) groups excluding carboxylic acids is 1. The Morgan fingerprint density at radius 3 is 3.00 bits per heavy atom. The number of rotatable bonds is 6. The number of benzene rings is 1. The Morgan fingerprint density at radius 1 is 1.38 bits per heavy atom. The lowest BCUT2D eigenvalue weighted by atomic mass is 9.92. The Bertz CT molecular complexity index is 695.